The van der Waals surface area contributed by atoms with Crippen molar-refractivity contribution < 1.29 is 17.9 Å². The highest BCUT2D eigenvalue weighted by atomic mass is 32.2. The van der Waals surface area contributed by atoms with Crippen LogP contribution in [0, 0.1) is 17.7 Å². The molecule has 0 radical (unpaired) electrons. The molecule has 1 aromatic heterocycles. The van der Waals surface area contributed by atoms with Gasteiger partial charge < -0.3 is 5.11 Å². The Morgan fingerprint density at radius 2 is 2.24 bits per heavy atom. The summed E-state index contributed by atoms with van der Waals surface area (Å²) in [5, 5.41) is 19.1. The topological polar surface area (TPSA) is 110 Å². The molecule has 1 aromatic carbocycles. The number of aliphatic hydroxyl groups excluding tert-OH is 1. The van der Waals surface area contributed by atoms with Crippen molar-refractivity contribution in [2.45, 2.75) is 4.90 Å². The molecular formula is C11H10FN5O3S. The molecular weight excluding hydrogens is 301 g/mol. The average Bonchev–Trinajstić information content (AvgIpc) is 2.80. The first-order valence-electron chi connectivity index (χ1n) is 5.58. The summed E-state index contributed by atoms with van der Waals surface area (Å²) in [6.07, 6.45) is 0. The zero-order valence-corrected chi connectivity index (χ0v) is 11.6. The molecule has 0 fully saturated rings. The van der Waals surface area contributed by atoms with E-state index < -0.39 is 20.7 Å². The second kappa shape index (κ2) is 5.86. The lowest BCUT2D eigenvalue weighted by molar-refractivity contribution is 0.350. The lowest BCUT2D eigenvalue weighted by atomic mass is 10.2. The molecule has 0 unspecified atom stereocenters. The number of benzene rings is 1. The van der Waals surface area contributed by atoms with Crippen LogP contribution in [-0.4, -0.2) is 40.3 Å². The number of hydrogen-bond donors (Lipinski definition) is 2. The number of sulfonamides is 1. The van der Waals surface area contributed by atoms with Gasteiger partial charge in [-0.15, -0.1) is 5.10 Å². The third kappa shape index (κ3) is 3.53. The Bertz CT molecular complexity index is 822. The first-order valence-corrected chi connectivity index (χ1v) is 7.07. The van der Waals surface area contributed by atoms with Crippen LogP contribution in [0.4, 0.5) is 10.3 Å². The van der Waals surface area contributed by atoms with Crippen molar-refractivity contribution >= 4 is 16.0 Å². The Balaban J connectivity index is 2.32. The molecule has 2 N–H and O–H groups in total. The molecule has 0 spiro atoms. The van der Waals surface area contributed by atoms with E-state index >= 15 is 0 Å². The van der Waals surface area contributed by atoms with Gasteiger partial charge in [-0.25, -0.2) is 17.5 Å². The summed E-state index contributed by atoms with van der Waals surface area (Å²) < 4.78 is 39.9. The van der Waals surface area contributed by atoms with Crippen LogP contribution in [0.1, 0.15) is 5.56 Å². The van der Waals surface area contributed by atoms with Gasteiger partial charge in [0, 0.05) is 5.56 Å². The van der Waals surface area contributed by atoms with E-state index in [1.54, 1.807) is 0 Å². The van der Waals surface area contributed by atoms with Crippen LogP contribution in [0.25, 0.3) is 0 Å². The van der Waals surface area contributed by atoms with Gasteiger partial charge in [-0.05, 0) is 23.4 Å². The van der Waals surface area contributed by atoms with Crippen molar-refractivity contribution in [2.24, 2.45) is 7.05 Å². The van der Waals surface area contributed by atoms with Crippen LogP contribution < -0.4 is 4.72 Å². The van der Waals surface area contributed by atoms with Crippen molar-refractivity contribution in [3.63, 3.8) is 0 Å². The highest BCUT2D eigenvalue weighted by molar-refractivity contribution is 7.92. The number of hydrogen-bond acceptors (Lipinski definition) is 6. The van der Waals surface area contributed by atoms with Gasteiger partial charge in [0.05, 0.1) is 7.05 Å². The number of aromatic nitrogens is 4. The van der Waals surface area contributed by atoms with E-state index in [1.807, 2.05) is 4.72 Å². The summed E-state index contributed by atoms with van der Waals surface area (Å²) in [5.74, 6) is 3.57. The maximum atomic E-state index is 13.9. The van der Waals surface area contributed by atoms with Crippen molar-refractivity contribution in [1.82, 2.24) is 20.2 Å². The van der Waals surface area contributed by atoms with Gasteiger partial charge >= 0.3 is 0 Å². The fourth-order valence-electron chi connectivity index (χ4n) is 1.44. The number of rotatable bonds is 3. The summed E-state index contributed by atoms with van der Waals surface area (Å²) in [6, 6.07) is 3.35. The minimum Gasteiger partial charge on any atom is -0.384 e. The van der Waals surface area contributed by atoms with Gasteiger partial charge in [0.25, 0.3) is 16.0 Å². The molecule has 2 rings (SSSR count). The Hall–Kier alpha value is -2.51. The van der Waals surface area contributed by atoms with E-state index in [0.29, 0.717) is 0 Å². The maximum Gasteiger partial charge on any atom is 0.277 e. The normalized spacial score (nSPS) is 10.8. The van der Waals surface area contributed by atoms with Gasteiger partial charge in [0.2, 0.25) is 0 Å². The molecule has 2 aromatic rings. The molecule has 0 amide bonds. The average molecular weight is 311 g/mol. The van der Waals surface area contributed by atoms with Gasteiger partial charge in [-0.3, -0.25) is 0 Å². The third-order valence-electron chi connectivity index (χ3n) is 2.27. The number of aryl methyl sites for hydroxylation is 1. The maximum absolute atomic E-state index is 13.9. The summed E-state index contributed by atoms with van der Waals surface area (Å²) in [7, 11) is -2.71. The number of nitrogens with one attached hydrogen (secondary N) is 1. The number of aliphatic hydroxyl groups is 1. The standard InChI is InChI=1S/C11H10FN5O3S/c1-17-14-11(13-16-17)15-21(19,20)10-5-4-8(3-2-6-18)7-9(10)12/h4-5,7,18H,6H2,1H3,(H,14,15). The van der Waals surface area contributed by atoms with Crippen LogP contribution >= 0.6 is 0 Å². The fourth-order valence-corrected chi connectivity index (χ4v) is 2.43. The molecule has 0 aliphatic carbocycles. The lowest BCUT2D eigenvalue weighted by Crippen LogP contribution is -2.15. The third-order valence-corrected chi connectivity index (χ3v) is 3.63. The zero-order chi connectivity index (χ0) is 15.5. The molecule has 0 atom stereocenters. The van der Waals surface area contributed by atoms with E-state index in [0.717, 1.165) is 16.9 Å². The number of anilines is 1. The van der Waals surface area contributed by atoms with E-state index in [-0.39, 0.29) is 18.1 Å². The Kier molecular flexibility index (Phi) is 4.15. The molecule has 0 aliphatic heterocycles. The van der Waals surface area contributed by atoms with Crippen molar-refractivity contribution in [3.05, 3.63) is 29.6 Å². The molecule has 21 heavy (non-hydrogen) atoms. The summed E-state index contributed by atoms with van der Waals surface area (Å²) >= 11 is 0. The SMILES string of the molecule is Cn1nnc(NS(=O)(=O)c2ccc(C#CCO)cc2F)n1. The van der Waals surface area contributed by atoms with Gasteiger partial charge in [-0.2, -0.15) is 4.80 Å². The summed E-state index contributed by atoms with van der Waals surface area (Å²) in [5.41, 5.74) is 0.248. The number of nitrogens with zero attached hydrogens (tertiary/aromatic N) is 4. The minimum absolute atomic E-state index is 0.248. The van der Waals surface area contributed by atoms with Gasteiger partial charge in [-0.1, -0.05) is 16.9 Å². The van der Waals surface area contributed by atoms with Crippen molar-refractivity contribution in [2.75, 3.05) is 11.3 Å². The molecule has 10 heteroatoms. The molecule has 0 aliphatic rings. The first kappa shape index (κ1) is 14.9. The fraction of sp³-hybridized carbons (Fsp3) is 0.182. The number of tetrazole rings is 1. The highest BCUT2D eigenvalue weighted by Crippen LogP contribution is 2.17. The van der Waals surface area contributed by atoms with Crippen molar-refractivity contribution in [1.29, 1.82) is 0 Å². The van der Waals surface area contributed by atoms with Crippen LogP contribution in [0.3, 0.4) is 0 Å². The van der Waals surface area contributed by atoms with Gasteiger partial charge in [0.15, 0.2) is 0 Å². The Morgan fingerprint density at radius 3 is 2.81 bits per heavy atom. The lowest BCUT2D eigenvalue weighted by Gasteiger charge is -2.05. The quantitative estimate of drug-likeness (QED) is 0.739. The second-order valence-corrected chi connectivity index (χ2v) is 5.46. The second-order valence-electron chi connectivity index (χ2n) is 3.81. The molecule has 0 saturated carbocycles. The molecule has 0 bridgehead atoms. The highest BCUT2D eigenvalue weighted by Gasteiger charge is 2.21. The molecule has 8 nitrogen and oxygen atoms in total. The molecule has 110 valence electrons. The van der Waals surface area contributed by atoms with Crippen LogP contribution in [0.2, 0.25) is 0 Å². The predicted octanol–water partition coefficient (Wildman–Crippen LogP) is -0.506. The van der Waals surface area contributed by atoms with Crippen molar-refractivity contribution in [3.8, 4) is 11.8 Å². The smallest absolute Gasteiger partial charge is 0.277 e. The van der Waals surface area contributed by atoms with E-state index in [4.69, 9.17) is 5.11 Å². The summed E-state index contributed by atoms with van der Waals surface area (Å²) in [4.78, 5) is 0.492. The zero-order valence-electron chi connectivity index (χ0n) is 10.8. The molecule has 1 heterocycles. The monoisotopic (exact) mass is 311 g/mol. The number of halogens is 1. The van der Waals surface area contributed by atoms with E-state index in [1.165, 1.54) is 13.1 Å². The van der Waals surface area contributed by atoms with E-state index in [2.05, 4.69) is 27.3 Å². The van der Waals surface area contributed by atoms with E-state index in [9.17, 15) is 12.8 Å². The predicted molar refractivity (Wildman–Crippen MR) is 70.0 cm³/mol. The first-order chi connectivity index (χ1) is 9.92. The minimum atomic E-state index is -4.17. The van der Waals surface area contributed by atoms with Crippen LogP contribution in [-0.2, 0) is 17.1 Å². The van der Waals surface area contributed by atoms with Crippen LogP contribution in [0.5, 0.6) is 0 Å². The largest absolute Gasteiger partial charge is 0.384 e. The van der Waals surface area contributed by atoms with Gasteiger partial charge in [0.1, 0.15) is 17.3 Å². The Labute approximate surface area is 119 Å². The molecule has 0 saturated heterocycles. The Morgan fingerprint density at radius 1 is 1.48 bits per heavy atom. The summed E-state index contributed by atoms with van der Waals surface area (Å²) in [6.45, 7) is -0.373. The van der Waals surface area contributed by atoms with Crippen LogP contribution in [0.15, 0.2) is 23.1 Å².